The van der Waals surface area contributed by atoms with Gasteiger partial charge in [-0.2, -0.15) is 0 Å². The van der Waals surface area contributed by atoms with E-state index < -0.39 is 0 Å². The lowest BCUT2D eigenvalue weighted by molar-refractivity contribution is 0.338. The van der Waals surface area contributed by atoms with Crippen LogP contribution in [0.25, 0.3) is 0 Å². The fraction of sp³-hybridized carbons (Fsp3) is 0.750. The van der Waals surface area contributed by atoms with Gasteiger partial charge in [-0.15, -0.1) is 11.3 Å². The minimum atomic E-state index is 0.728. The number of thiazole rings is 1. The van der Waals surface area contributed by atoms with E-state index in [2.05, 4.69) is 11.9 Å². The number of aryl methyl sites for hydroxylation is 2. The van der Waals surface area contributed by atoms with Gasteiger partial charge in [-0.25, -0.2) is 4.98 Å². The van der Waals surface area contributed by atoms with Crippen molar-refractivity contribution in [3.05, 3.63) is 10.6 Å². The van der Waals surface area contributed by atoms with Crippen molar-refractivity contribution in [3.63, 3.8) is 0 Å². The first kappa shape index (κ1) is 10.9. The highest BCUT2D eigenvalue weighted by atomic mass is 32.1. The highest BCUT2D eigenvalue weighted by Gasteiger charge is 2.14. The van der Waals surface area contributed by atoms with Crippen molar-refractivity contribution in [3.8, 4) is 0 Å². The van der Waals surface area contributed by atoms with E-state index in [-0.39, 0.29) is 0 Å². The molecule has 15 heavy (non-hydrogen) atoms. The Hall–Kier alpha value is -0.570. The summed E-state index contributed by atoms with van der Waals surface area (Å²) in [7, 11) is 0. The number of anilines is 1. The van der Waals surface area contributed by atoms with Gasteiger partial charge in [0.25, 0.3) is 0 Å². The second kappa shape index (κ2) is 4.97. The van der Waals surface area contributed by atoms with Gasteiger partial charge in [-0.3, -0.25) is 0 Å². The van der Waals surface area contributed by atoms with Crippen LogP contribution in [0.2, 0.25) is 0 Å². The van der Waals surface area contributed by atoms with E-state index in [9.17, 15) is 0 Å². The molecule has 84 valence electrons. The number of nitrogen functional groups attached to an aromatic ring is 1. The average Bonchev–Trinajstić information content (AvgIpc) is 2.56. The summed E-state index contributed by atoms with van der Waals surface area (Å²) in [5.41, 5.74) is 6.93. The Morgan fingerprint density at radius 1 is 1.33 bits per heavy atom. The van der Waals surface area contributed by atoms with Crippen molar-refractivity contribution in [2.24, 2.45) is 5.92 Å². The minimum Gasteiger partial charge on any atom is -0.375 e. The maximum atomic E-state index is 5.70. The molecule has 3 heteroatoms. The van der Waals surface area contributed by atoms with Crippen LogP contribution in [-0.2, 0) is 6.42 Å². The van der Waals surface area contributed by atoms with E-state index in [1.807, 2.05) is 0 Å². The van der Waals surface area contributed by atoms with E-state index >= 15 is 0 Å². The van der Waals surface area contributed by atoms with E-state index in [0.717, 1.165) is 17.5 Å². The predicted molar refractivity (Wildman–Crippen MR) is 66.2 cm³/mol. The van der Waals surface area contributed by atoms with Crippen molar-refractivity contribution in [2.45, 2.75) is 51.9 Å². The molecule has 1 aliphatic rings. The monoisotopic (exact) mass is 224 g/mol. The Balaban J connectivity index is 1.84. The molecule has 0 spiro atoms. The largest absolute Gasteiger partial charge is 0.375 e. The Morgan fingerprint density at radius 3 is 2.67 bits per heavy atom. The van der Waals surface area contributed by atoms with E-state index in [1.165, 1.54) is 49.1 Å². The summed E-state index contributed by atoms with van der Waals surface area (Å²) in [6, 6.07) is 0. The van der Waals surface area contributed by atoms with Crippen molar-refractivity contribution in [1.29, 1.82) is 0 Å². The average molecular weight is 224 g/mol. The number of nitrogens with zero attached hydrogens (tertiary/aromatic N) is 1. The van der Waals surface area contributed by atoms with Crippen LogP contribution in [0.5, 0.6) is 0 Å². The summed E-state index contributed by atoms with van der Waals surface area (Å²) in [6.07, 6.45) is 9.61. The van der Waals surface area contributed by atoms with Gasteiger partial charge in [-0.1, -0.05) is 32.1 Å². The number of rotatable bonds is 3. The third-order valence-electron chi connectivity index (χ3n) is 3.42. The lowest BCUT2D eigenvalue weighted by atomic mass is 9.86. The molecular weight excluding hydrogens is 204 g/mol. The summed E-state index contributed by atoms with van der Waals surface area (Å²) < 4.78 is 0. The highest BCUT2D eigenvalue weighted by Crippen LogP contribution is 2.28. The van der Waals surface area contributed by atoms with Crippen LogP contribution in [0.1, 0.15) is 49.1 Å². The van der Waals surface area contributed by atoms with Gasteiger partial charge in [-0.05, 0) is 25.7 Å². The minimum absolute atomic E-state index is 0.728. The third kappa shape index (κ3) is 2.94. The number of aromatic nitrogens is 1. The van der Waals surface area contributed by atoms with E-state index in [1.54, 1.807) is 11.3 Å². The lowest BCUT2D eigenvalue weighted by Crippen LogP contribution is -2.07. The second-order valence-corrected chi connectivity index (χ2v) is 5.83. The Labute approximate surface area is 95.9 Å². The Bertz CT molecular complexity index is 313. The number of hydrogen-bond donors (Lipinski definition) is 1. The van der Waals surface area contributed by atoms with Crippen molar-refractivity contribution in [1.82, 2.24) is 4.98 Å². The molecule has 0 aromatic carbocycles. The summed E-state index contributed by atoms with van der Waals surface area (Å²) >= 11 is 1.62. The van der Waals surface area contributed by atoms with Crippen molar-refractivity contribution in [2.75, 3.05) is 5.73 Å². The van der Waals surface area contributed by atoms with Gasteiger partial charge in [0, 0.05) is 4.88 Å². The molecule has 0 atom stereocenters. The van der Waals surface area contributed by atoms with Crippen LogP contribution < -0.4 is 5.73 Å². The molecule has 0 amide bonds. The van der Waals surface area contributed by atoms with Gasteiger partial charge in [0.2, 0.25) is 0 Å². The van der Waals surface area contributed by atoms with Crippen LogP contribution >= 0.6 is 11.3 Å². The smallest absolute Gasteiger partial charge is 0.180 e. The second-order valence-electron chi connectivity index (χ2n) is 4.60. The molecule has 2 rings (SSSR count). The summed E-state index contributed by atoms with van der Waals surface area (Å²) in [6.45, 7) is 2.13. The lowest BCUT2D eigenvalue weighted by Gasteiger charge is -2.20. The van der Waals surface area contributed by atoms with Gasteiger partial charge in [0.1, 0.15) is 0 Å². The number of hydrogen-bond acceptors (Lipinski definition) is 3. The third-order valence-corrected chi connectivity index (χ3v) is 4.27. The van der Waals surface area contributed by atoms with Crippen LogP contribution in [0.15, 0.2) is 0 Å². The zero-order valence-electron chi connectivity index (χ0n) is 9.46. The summed E-state index contributed by atoms with van der Waals surface area (Å²) in [4.78, 5) is 5.70. The molecule has 0 radical (unpaired) electrons. The zero-order valence-corrected chi connectivity index (χ0v) is 10.3. The molecule has 2 N–H and O–H groups in total. The first-order chi connectivity index (χ1) is 7.25. The van der Waals surface area contributed by atoms with Crippen LogP contribution in [0.4, 0.5) is 5.13 Å². The first-order valence-corrected chi connectivity index (χ1v) is 6.79. The molecule has 1 aliphatic carbocycles. The van der Waals surface area contributed by atoms with Crippen LogP contribution in [0.3, 0.4) is 0 Å². The normalized spacial score (nSPS) is 18.2. The molecule has 1 fully saturated rings. The molecule has 0 unspecified atom stereocenters. The quantitative estimate of drug-likeness (QED) is 0.852. The summed E-state index contributed by atoms with van der Waals surface area (Å²) in [5.74, 6) is 0.945. The molecule has 1 aromatic rings. The molecule has 0 aliphatic heterocycles. The fourth-order valence-corrected chi connectivity index (χ4v) is 3.23. The van der Waals surface area contributed by atoms with Crippen LogP contribution in [0, 0.1) is 12.8 Å². The molecule has 0 saturated heterocycles. The molecular formula is C12H20N2S. The van der Waals surface area contributed by atoms with Gasteiger partial charge < -0.3 is 5.73 Å². The maximum Gasteiger partial charge on any atom is 0.180 e. The fourth-order valence-electron chi connectivity index (χ4n) is 2.50. The molecule has 2 nitrogen and oxygen atoms in total. The maximum absolute atomic E-state index is 5.70. The van der Waals surface area contributed by atoms with Gasteiger partial charge in [0.05, 0.1) is 5.69 Å². The molecule has 0 bridgehead atoms. The van der Waals surface area contributed by atoms with Crippen molar-refractivity contribution < 1.29 is 0 Å². The zero-order chi connectivity index (χ0) is 10.7. The topological polar surface area (TPSA) is 38.9 Å². The van der Waals surface area contributed by atoms with Crippen molar-refractivity contribution >= 4 is 16.5 Å². The standard InChI is InChI=1S/C12H20N2S/c1-9-11(14-12(13)15-9)8-7-10-5-3-2-4-6-10/h10H,2-8H2,1H3,(H2,13,14). The predicted octanol–water partition coefficient (Wildman–Crippen LogP) is 3.55. The highest BCUT2D eigenvalue weighted by molar-refractivity contribution is 7.15. The molecule has 1 aromatic heterocycles. The molecule has 1 heterocycles. The van der Waals surface area contributed by atoms with Crippen LogP contribution in [-0.4, -0.2) is 4.98 Å². The SMILES string of the molecule is Cc1sc(N)nc1CCC1CCCCC1. The van der Waals surface area contributed by atoms with Gasteiger partial charge >= 0.3 is 0 Å². The Morgan fingerprint density at radius 2 is 2.07 bits per heavy atom. The van der Waals surface area contributed by atoms with E-state index in [4.69, 9.17) is 5.73 Å². The van der Waals surface area contributed by atoms with Gasteiger partial charge in [0.15, 0.2) is 5.13 Å². The summed E-state index contributed by atoms with van der Waals surface area (Å²) in [5, 5.41) is 0.728. The van der Waals surface area contributed by atoms with E-state index in [0.29, 0.717) is 0 Å². The molecule has 1 saturated carbocycles. The Kier molecular flexibility index (Phi) is 3.62. The number of nitrogens with two attached hydrogens (primary N) is 1. The first-order valence-electron chi connectivity index (χ1n) is 5.97.